The average Bonchev–Trinajstić information content (AvgIpc) is 2.70. The summed E-state index contributed by atoms with van der Waals surface area (Å²) in [5, 5.41) is 1.25. The van der Waals surface area contributed by atoms with Gasteiger partial charge in [0.05, 0.1) is 15.6 Å². The van der Waals surface area contributed by atoms with Crippen molar-refractivity contribution in [2.45, 2.75) is 6.43 Å². The van der Waals surface area contributed by atoms with Crippen LogP contribution in [0.3, 0.4) is 0 Å². The Balaban J connectivity index is 2.44. The number of fused-ring (bicyclic) bond motifs is 1. The van der Waals surface area contributed by atoms with E-state index in [0.717, 1.165) is 0 Å². The Labute approximate surface area is 100 Å². The zero-order valence-electron chi connectivity index (χ0n) is 7.94. The molecule has 0 aliphatic rings. The predicted molar refractivity (Wildman–Crippen MR) is 59.8 cm³/mol. The summed E-state index contributed by atoms with van der Waals surface area (Å²) in [7, 11) is 0. The van der Waals surface area contributed by atoms with Gasteiger partial charge in [-0.15, -0.1) is 0 Å². The molecule has 0 aliphatic heterocycles. The normalized spacial score (nSPS) is 11.3. The fourth-order valence-electron chi connectivity index (χ4n) is 1.40. The topological polar surface area (TPSA) is 25.0 Å². The van der Waals surface area contributed by atoms with Crippen LogP contribution in [0.2, 0.25) is 10.0 Å². The molecular formula is C10H7Cl2F2NO. The first kappa shape index (κ1) is 11.5. The highest BCUT2D eigenvalue weighted by Crippen LogP contribution is 2.36. The van der Waals surface area contributed by atoms with E-state index in [1.54, 1.807) is 12.3 Å². The van der Waals surface area contributed by atoms with Crippen LogP contribution in [0.1, 0.15) is 0 Å². The van der Waals surface area contributed by atoms with E-state index in [2.05, 4.69) is 4.98 Å². The highest BCUT2D eigenvalue weighted by atomic mass is 35.5. The van der Waals surface area contributed by atoms with Gasteiger partial charge in [0.15, 0.2) is 0 Å². The minimum atomic E-state index is -2.52. The number of aromatic nitrogens is 1. The van der Waals surface area contributed by atoms with Crippen molar-refractivity contribution in [1.82, 2.24) is 4.98 Å². The Bertz CT molecular complexity index is 513. The molecular weight excluding hydrogens is 259 g/mol. The molecule has 0 saturated heterocycles. The lowest BCUT2D eigenvalue weighted by Crippen LogP contribution is -2.07. The number of benzene rings is 1. The maximum absolute atomic E-state index is 12.0. The van der Waals surface area contributed by atoms with Crippen LogP contribution < -0.4 is 4.74 Å². The lowest BCUT2D eigenvalue weighted by Gasteiger charge is -2.08. The number of ether oxygens (including phenoxy) is 1. The van der Waals surface area contributed by atoms with Crippen molar-refractivity contribution in [3.8, 4) is 5.75 Å². The summed E-state index contributed by atoms with van der Waals surface area (Å²) in [5.41, 5.74) is 0.582. The van der Waals surface area contributed by atoms with Gasteiger partial charge >= 0.3 is 0 Å². The first-order valence-corrected chi connectivity index (χ1v) is 5.21. The van der Waals surface area contributed by atoms with Crippen LogP contribution in [0.25, 0.3) is 10.9 Å². The van der Waals surface area contributed by atoms with Gasteiger partial charge in [-0.2, -0.15) is 0 Å². The quantitative estimate of drug-likeness (QED) is 0.888. The summed E-state index contributed by atoms with van der Waals surface area (Å²) in [6.07, 6.45) is -0.884. The van der Waals surface area contributed by atoms with Gasteiger partial charge < -0.3 is 9.72 Å². The Morgan fingerprint density at radius 1 is 1.38 bits per heavy atom. The van der Waals surface area contributed by atoms with E-state index in [1.807, 2.05) is 0 Å². The molecule has 0 unspecified atom stereocenters. The molecule has 1 heterocycles. The molecule has 2 nitrogen and oxygen atoms in total. The number of rotatable bonds is 3. The predicted octanol–water partition coefficient (Wildman–Crippen LogP) is 4.12. The summed E-state index contributed by atoms with van der Waals surface area (Å²) < 4.78 is 29.0. The van der Waals surface area contributed by atoms with Gasteiger partial charge in [0.1, 0.15) is 12.4 Å². The third-order valence-corrected chi connectivity index (χ3v) is 2.85. The third-order valence-electron chi connectivity index (χ3n) is 2.06. The van der Waals surface area contributed by atoms with E-state index in [1.165, 1.54) is 6.07 Å². The molecule has 0 fully saturated rings. The lowest BCUT2D eigenvalue weighted by molar-refractivity contribution is 0.0827. The number of hydrogen-bond donors (Lipinski definition) is 1. The van der Waals surface area contributed by atoms with Crippen molar-refractivity contribution >= 4 is 34.1 Å². The molecule has 0 amide bonds. The van der Waals surface area contributed by atoms with E-state index in [9.17, 15) is 8.78 Å². The molecule has 0 aliphatic carbocycles. The van der Waals surface area contributed by atoms with Crippen molar-refractivity contribution < 1.29 is 13.5 Å². The second-order valence-electron chi connectivity index (χ2n) is 3.14. The van der Waals surface area contributed by atoms with E-state index in [0.29, 0.717) is 21.7 Å². The first-order valence-electron chi connectivity index (χ1n) is 4.45. The number of H-pyrrole nitrogens is 1. The van der Waals surface area contributed by atoms with Crippen LogP contribution in [0.5, 0.6) is 5.75 Å². The molecule has 0 spiro atoms. The summed E-state index contributed by atoms with van der Waals surface area (Å²) in [5.74, 6) is 0.297. The van der Waals surface area contributed by atoms with Crippen LogP contribution >= 0.6 is 23.2 Å². The standard InChI is InChI=1S/C10H7Cl2F2NO/c11-6-3-7(16-4-8(13)14)5-1-2-15-10(5)9(6)12/h1-3,8,15H,4H2. The van der Waals surface area contributed by atoms with Crippen molar-refractivity contribution in [1.29, 1.82) is 0 Å². The zero-order chi connectivity index (χ0) is 11.7. The summed E-state index contributed by atoms with van der Waals surface area (Å²) in [6, 6.07) is 3.13. The van der Waals surface area contributed by atoms with Crippen molar-refractivity contribution in [2.24, 2.45) is 0 Å². The summed E-state index contributed by atoms with van der Waals surface area (Å²) >= 11 is 11.8. The molecule has 0 atom stereocenters. The van der Waals surface area contributed by atoms with E-state index >= 15 is 0 Å². The summed E-state index contributed by atoms with van der Waals surface area (Å²) in [4.78, 5) is 2.87. The van der Waals surface area contributed by atoms with Crippen LogP contribution in [0.4, 0.5) is 8.78 Å². The number of alkyl halides is 2. The lowest BCUT2D eigenvalue weighted by atomic mass is 10.2. The second kappa shape index (κ2) is 4.47. The molecule has 1 aromatic carbocycles. The molecule has 86 valence electrons. The van der Waals surface area contributed by atoms with Crippen molar-refractivity contribution in [2.75, 3.05) is 6.61 Å². The van der Waals surface area contributed by atoms with E-state index in [4.69, 9.17) is 27.9 Å². The highest BCUT2D eigenvalue weighted by molar-refractivity contribution is 6.45. The van der Waals surface area contributed by atoms with Crippen LogP contribution in [-0.2, 0) is 0 Å². The van der Waals surface area contributed by atoms with Gasteiger partial charge in [0.2, 0.25) is 0 Å². The monoisotopic (exact) mass is 265 g/mol. The SMILES string of the molecule is FC(F)COc1cc(Cl)c(Cl)c2[nH]ccc12. The maximum atomic E-state index is 12.0. The fourth-order valence-corrected chi connectivity index (χ4v) is 1.81. The average molecular weight is 266 g/mol. The number of halogens is 4. The number of hydrogen-bond acceptors (Lipinski definition) is 1. The van der Waals surface area contributed by atoms with E-state index in [-0.39, 0.29) is 5.02 Å². The van der Waals surface area contributed by atoms with Crippen molar-refractivity contribution in [3.05, 3.63) is 28.4 Å². The molecule has 0 bridgehead atoms. The minimum absolute atomic E-state index is 0.265. The third kappa shape index (κ3) is 2.08. The minimum Gasteiger partial charge on any atom is -0.487 e. The number of nitrogens with one attached hydrogen (secondary N) is 1. The molecule has 0 radical (unpaired) electrons. The molecule has 2 aromatic rings. The molecule has 16 heavy (non-hydrogen) atoms. The highest BCUT2D eigenvalue weighted by Gasteiger charge is 2.12. The first-order chi connectivity index (χ1) is 7.59. The maximum Gasteiger partial charge on any atom is 0.272 e. The Hall–Kier alpha value is -1.00. The Morgan fingerprint density at radius 3 is 2.81 bits per heavy atom. The molecule has 6 heteroatoms. The van der Waals surface area contributed by atoms with Crippen molar-refractivity contribution in [3.63, 3.8) is 0 Å². The molecule has 2 rings (SSSR count). The Morgan fingerprint density at radius 2 is 2.12 bits per heavy atom. The van der Waals surface area contributed by atoms with Gasteiger partial charge in [-0.1, -0.05) is 23.2 Å². The zero-order valence-corrected chi connectivity index (χ0v) is 9.45. The van der Waals surface area contributed by atoms with Gasteiger partial charge in [-0.05, 0) is 6.07 Å². The molecule has 0 saturated carbocycles. The van der Waals surface area contributed by atoms with Crippen LogP contribution in [0, 0.1) is 0 Å². The second-order valence-corrected chi connectivity index (χ2v) is 3.92. The number of aromatic amines is 1. The summed E-state index contributed by atoms with van der Waals surface area (Å²) in [6.45, 7) is -0.668. The fraction of sp³-hybridized carbons (Fsp3) is 0.200. The van der Waals surface area contributed by atoms with E-state index < -0.39 is 13.0 Å². The molecule has 1 aromatic heterocycles. The smallest absolute Gasteiger partial charge is 0.272 e. The van der Waals surface area contributed by atoms with Gasteiger partial charge in [0.25, 0.3) is 6.43 Å². The Kier molecular flexibility index (Phi) is 3.21. The largest absolute Gasteiger partial charge is 0.487 e. The van der Waals surface area contributed by atoms with Gasteiger partial charge in [-0.3, -0.25) is 0 Å². The molecule has 1 N–H and O–H groups in total. The van der Waals surface area contributed by atoms with Gasteiger partial charge in [-0.25, -0.2) is 8.78 Å². The van der Waals surface area contributed by atoms with Crippen LogP contribution in [-0.4, -0.2) is 18.0 Å². The van der Waals surface area contributed by atoms with Crippen LogP contribution in [0.15, 0.2) is 18.3 Å². The van der Waals surface area contributed by atoms with Gasteiger partial charge in [0, 0.05) is 17.6 Å².